The minimum Gasteiger partial charge on any atom is -0.481 e. The number of ether oxygens (including phenoxy) is 1. The molecule has 5 heteroatoms. The average molecular weight is 419 g/mol. The summed E-state index contributed by atoms with van der Waals surface area (Å²) in [4.78, 5) is 21.2. The van der Waals surface area contributed by atoms with Gasteiger partial charge in [0.05, 0.1) is 6.61 Å². The second-order valence-electron chi connectivity index (χ2n) is 7.37. The van der Waals surface area contributed by atoms with E-state index in [9.17, 15) is 9.59 Å². The Morgan fingerprint density at radius 1 is 0.621 bits per heavy atom. The number of unbranched alkanes of at least 4 members (excludes halogenated alkanes) is 10. The summed E-state index contributed by atoms with van der Waals surface area (Å²) in [7, 11) is 0. The van der Waals surface area contributed by atoms with Gasteiger partial charge in [0.2, 0.25) is 0 Å². The largest absolute Gasteiger partial charge is 0.481 e. The van der Waals surface area contributed by atoms with E-state index in [1.165, 1.54) is 57.8 Å². The lowest BCUT2D eigenvalue weighted by molar-refractivity contribution is -0.143. The summed E-state index contributed by atoms with van der Waals surface area (Å²) in [6, 6.07) is 0. The highest BCUT2D eigenvalue weighted by Gasteiger charge is 2.00. The van der Waals surface area contributed by atoms with Crippen LogP contribution in [0.1, 0.15) is 130 Å². The van der Waals surface area contributed by atoms with Crippen LogP contribution < -0.4 is 0 Å². The predicted molar refractivity (Wildman–Crippen MR) is 122 cm³/mol. The normalized spacial score (nSPS) is 9.69. The van der Waals surface area contributed by atoms with Gasteiger partial charge in [0.25, 0.3) is 0 Å². The van der Waals surface area contributed by atoms with Gasteiger partial charge in [-0.15, -0.1) is 0 Å². The van der Waals surface area contributed by atoms with Gasteiger partial charge in [-0.1, -0.05) is 91.9 Å². The van der Waals surface area contributed by atoms with Crippen molar-refractivity contribution in [2.45, 2.75) is 130 Å². The lowest BCUT2D eigenvalue weighted by atomic mass is 10.1. The molecule has 29 heavy (non-hydrogen) atoms. The van der Waals surface area contributed by atoms with Gasteiger partial charge in [0, 0.05) is 19.4 Å². The molecule has 0 aromatic carbocycles. The van der Waals surface area contributed by atoms with Gasteiger partial charge < -0.3 is 14.9 Å². The van der Waals surface area contributed by atoms with E-state index in [2.05, 4.69) is 13.8 Å². The monoisotopic (exact) mass is 418 g/mol. The van der Waals surface area contributed by atoms with Crippen molar-refractivity contribution in [1.82, 2.24) is 0 Å². The maximum absolute atomic E-state index is 11.1. The number of aliphatic hydroxyl groups excluding tert-OH is 1. The molecule has 0 bridgehead atoms. The van der Waals surface area contributed by atoms with Gasteiger partial charge in [0.15, 0.2) is 0 Å². The highest BCUT2D eigenvalue weighted by Crippen LogP contribution is 2.07. The molecule has 0 saturated heterocycles. The molecule has 0 radical (unpaired) electrons. The molecule has 0 spiro atoms. The molecule has 0 atom stereocenters. The Morgan fingerprint density at radius 3 is 1.41 bits per heavy atom. The van der Waals surface area contributed by atoms with E-state index in [0.29, 0.717) is 26.1 Å². The topological polar surface area (TPSA) is 83.8 Å². The third kappa shape index (κ3) is 42.1. The number of carbonyl (C=O) groups excluding carboxylic acids is 1. The first-order valence-corrected chi connectivity index (χ1v) is 12.0. The van der Waals surface area contributed by atoms with Crippen molar-refractivity contribution in [2.75, 3.05) is 13.2 Å². The number of aliphatic hydroxyl groups is 1. The van der Waals surface area contributed by atoms with E-state index in [-0.39, 0.29) is 5.97 Å². The standard InChI is InChI=1S/C12H24O2.C9H18O2.C3H8O/c1-3-5-6-7-8-9-10-12(13)14-11-4-2;1-2-3-4-5-6-7-8-9(10)11;1-2-3-4/h3-11H2,1-2H3;2-8H2,1H3,(H,10,11);4H,2-3H2,1H3. The van der Waals surface area contributed by atoms with E-state index < -0.39 is 5.97 Å². The molecule has 0 rings (SSSR count). The first kappa shape index (κ1) is 32.6. The Kier molecular flexibility index (Phi) is 35.5. The van der Waals surface area contributed by atoms with Crippen LogP contribution >= 0.6 is 0 Å². The second-order valence-corrected chi connectivity index (χ2v) is 7.37. The molecular formula is C24H50O5. The van der Waals surface area contributed by atoms with Crippen molar-refractivity contribution in [3.05, 3.63) is 0 Å². The first-order chi connectivity index (χ1) is 14.0. The van der Waals surface area contributed by atoms with Crippen LogP contribution in [-0.2, 0) is 14.3 Å². The summed E-state index contributed by atoms with van der Waals surface area (Å²) < 4.78 is 4.98. The lowest BCUT2D eigenvalue weighted by Gasteiger charge is -2.02. The fourth-order valence-electron chi connectivity index (χ4n) is 2.39. The molecule has 0 saturated carbocycles. The number of esters is 1. The third-order valence-electron chi connectivity index (χ3n) is 4.17. The summed E-state index contributed by atoms with van der Waals surface area (Å²) in [6.07, 6.45) is 17.0. The SMILES string of the molecule is CCCCCCCCC(=O)O.CCCCCCCCC(=O)OCCC.CCCO. The highest BCUT2D eigenvalue weighted by molar-refractivity contribution is 5.69. The van der Waals surface area contributed by atoms with E-state index in [4.69, 9.17) is 14.9 Å². The van der Waals surface area contributed by atoms with E-state index in [0.717, 1.165) is 32.1 Å². The zero-order chi connectivity index (χ0) is 22.6. The van der Waals surface area contributed by atoms with Crippen molar-refractivity contribution in [1.29, 1.82) is 0 Å². The molecule has 0 aliphatic rings. The maximum Gasteiger partial charge on any atom is 0.305 e. The number of hydrogen-bond donors (Lipinski definition) is 2. The number of carbonyl (C=O) groups is 2. The molecule has 0 fully saturated rings. The van der Waals surface area contributed by atoms with Crippen molar-refractivity contribution in [3.63, 3.8) is 0 Å². The molecular weight excluding hydrogens is 368 g/mol. The Bertz CT molecular complexity index is 316. The van der Waals surface area contributed by atoms with E-state index in [1.807, 2.05) is 13.8 Å². The van der Waals surface area contributed by atoms with Crippen molar-refractivity contribution in [3.8, 4) is 0 Å². The fraction of sp³-hybridized carbons (Fsp3) is 0.917. The van der Waals surface area contributed by atoms with Crippen LogP contribution in [0, 0.1) is 0 Å². The molecule has 0 heterocycles. The fourth-order valence-corrected chi connectivity index (χ4v) is 2.39. The number of rotatable bonds is 17. The van der Waals surface area contributed by atoms with Crippen LogP contribution in [0.25, 0.3) is 0 Å². The van der Waals surface area contributed by atoms with Gasteiger partial charge in [-0.25, -0.2) is 0 Å². The van der Waals surface area contributed by atoms with Crippen LogP contribution in [0.15, 0.2) is 0 Å². The maximum atomic E-state index is 11.1. The summed E-state index contributed by atoms with van der Waals surface area (Å²) in [5, 5.41) is 16.2. The first-order valence-electron chi connectivity index (χ1n) is 12.0. The summed E-state index contributed by atoms with van der Waals surface area (Å²) in [5.74, 6) is -0.692. The smallest absolute Gasteiger partial charge is 0.305 e. The Labute approximate surface area is 180 Å². The van der Waals surface area contributed by atoms with Crippen LogP contribution in [0.2, 0.25) is 0 Å². The van der Waals surface area contributed by atoms with Gasteiger partial charge in [-0.05, 0) is 25.7 Å². The van der Waals surface area contributed by atoms with Gasteiger partial charge in [-0.2, -0.15) is 0 Å². The molecule has 0 amide bonds. The van der Waals surface area contributed by atoms with Crippen LogP contribution in [0.4, 0.5) is 0 Å². The van der Waals surface area contributed by atoms with Crippen LogP contribution in [0.3, 0.4) is 0 Å². The van der Waals surface area contributed by atoms with E-state index in [1.54, 1.807) is 0 Å². The zero-order valence-corrected chi connectivity index (χ0v) is 19.8. The second kappa shape index (κ2) is 31.6. The molecule has 5 nitrogen and oxygen atoms in total. The van der Waals surface area contributed by atoms with Gasteiger partial charge in [-0.3, -0.25) is 9.59 Å². The Balaban J connectivity index is -0.000000401. The molecule has 176 valence electrons. The molecule has 0 aliphatic carbocycles. The Morgan fingerprint density at radius 2 is 1.03 bits per heavy atom. The van der Waals surface area contributed by atoms with Crippen LogP contribution in [0.5, 0.6) is 0 Å². The summed E-state index contributed by atoms with van der Waals surface area (Å²) >= 11 is 0. The number of carboxylic acids is 1. The molecule has 0 unspecified atom stereocenters. The summed E-state index contributed by atoms with van der Waals surface area (Å²) in [5.41, 5.74) is 0. The molecule has 0 aromatic heterocycles. The molecule has 0 aliphatic heterocycles. The van der Waals surface area contributed by atoms with Crippen molar-refractivity contribution < 1.29 is 24.5 Å². The Hall–Kier alpha value is -1.10. The minimum atomic E-state index is -0.666. The number of aliphatic carboxylic acids is 1. The molecule has 0 aromatic rings. The zero-order valence-electron chi connectivity index (χ0n) is 19.8. The number of carboxylic acid groups (broad SMARTS) is 1. The predicted octanol–water partition coefficient (Wildman–Crippen LogP) is 6.90. The van der Waals surface area contributed by atoms with Crippen LogP contribution in [-0.4, -0.2) is 35.4 Å². The summed E-state index contributed by atoms with van der Waals surface area (Å²) in [6.45, 7) is 9.23. The average Bonchev–Trinajstić information content (AvgIpc) is 2.72. The van der Waals surface area contributed by atoms with Crippen molar-refractivity contribution in [2.24, 2.45) is 0 Å². The van der Waals surface area contributed by atoms with Gasteiger partial charge in [0.1, 0.15) is 0 Å². The lowest BCUT2D eigenvalue weighted by Crippen LogP contribution is -2.04. The minimum absolute atomic E-state index is 0.0256. The number of hydrogen-bond acceptors (Lipinski definition) is 4. The molecule has 2 N–H and O–H groups in total. The van der Waals surface area contributed by atoms with E-state index >= 15 is 0 Å². The van der Waals surface area contributed by atoms with Crippen molar-refractivity contribution >= 4 is 11.9 Å². The van der Waals surface area contributed by atoms with Gasteiger partial charge >= 0.3 is 11.9 Å². The third-order valence-corrected chi connectivity index (χ3v) is 4.17. The highest BCUT2D eigenvalue weighted by atomic mass is 16.5. The quantitative estimate of drug-likeness (QED) is 0.198.